The second kappa shape index (κ2) is 8.46. The Morgan fingerprint density at radius 2 is 2.10 bits per heavy atom. The fourth-order valence-corrected chi connectivity index (χ4v) is 4.39. The van der Waals surface area contributed by atoms with Crippen LogP contribution in [-0.2, 0) is 0 Å². The van der Waals surface area contributed by atoms with Gasteiger partial charge in [0.15, 0.2) is 0 Å². The van der Waals surface area contributed by atoms with Gasteiger partial charge < -0.3 is 26.3 Å². The van der Waals surface area contributed by atoms with Crippen molar-refractivity contribution in [1.29, 1.82) is 0 Å². The summed E-state index contributed by atoms with van der Waals surface area (Å²) in [6.45, 7) is 1.72. The van der Waals surface area contributed by atoms with Crippen LogP contribution in [0, 0.1) is 0 Å². The van der Waals surface area contributed by atoms with Gasteiger partial charge in [-0.25, -0.2) is 9.78 Å². The summed E-state index contributed by atoms with van der Waals surface area (Å²) in [6, 6.07) is 9.08. The number of nitrogens with one attached hydrogen (secondary N) is 3. The first-order valence-corrected chi connectivity index (χ1v) is 10.2. The molecule has 2 aromatic heterocycles. The van der Waals surface area contributed by atoms with E-state index in [1.165, 1.54) is 11.3 Å². The van der Waals surface area contributed by atoms with Gasteiger partial charge >= 0.3 is 6.03 Å². The quantitative estimate of drug-likeness (QED) is 0.518. The molecular formula is C20H22N6O2S. The summed E-state index contributed by atoms with van der Waals surface area (Å²) < 4.78 is 1.91. The first-order valence-electron chi connectivity index (χ1n) is 9.41. The average Bonchev–Trinajstić information content (AvgIpc) is 3.39. The number of hydrogen-bond donors (Lipinski definition) is 4. The van der Waals surface area contributed by atoms with Gasteiger partial charge in [-0.1, -0.05) is 12.1 Å². The minimum atomic E-state index is -0.696. The van der Waals surface area contributed by atoms with Crippen LogP contribution < -0.4 is 21.7 Å². The van der Waals surface area contributed by atoms with Crippen molar-refractivity contribution in [3.8, 4) is 16.1 Å². The van der Waals surface area contributed by atoms with Crippen LogP contribution >= 0.6 is 11.3 Å². The van der Waals surface area contributed by atoms with Crippen LogP contribution in [0.15, 0.2) is 49.1 Å². The summed E-state index contributed by atoms with van der Waals surface area (Å²) >= 11 is 1.33. The zero-order valence-corrected chi connectivity index (χ0v) is 16.5. The van der Waals surface area contributed by atoms with E-state index in [0.717, 1.165) is 42.1 Å². The third kappa shape index (κ3) is 4.47. The number of nitrogens with two attached hydrogens (primary N) is 1. The molecule has 5 N–H and O–H groups in total. The minimum absolute atomic E-state index is 0.0812. The lowest BCUT2D eigenvalue weighted by Crippen LogP contribution is -2.45. The van der Waals surface area contributed by atoms with Gasteiger partial charge in [-0.2, -0.15) is 0 Å². The first-order chi connectivity index (χ1) is 14.1. The SMILES string of the molecule is NC(=O)Nc1cc(-c2ccc(-n3ccnc3)cc2)sc1C(=O)N[C@@H]1CCCNC1. The van der Waals surface area contributed by atoms with Gasteiger partial charge in [0.1, 0.15) is 4.88 Å². The highest BCUT2D eigenvalue weighted by molar-refractivity contribution is 7.18. The number of thiophene rings is 1. The Bertz CT molecular complexity index is 991. The molecule has 150 valence electrons. The summed E-state index contributed by atoms with van der Waals surface area (Å²) in [6.07, 6.45) is 7.29. The first kappa shape index (κ1) is 19.2. The van der Waals surface area contributed by atoms with Gasteiger partial charge in [0.2, 0.25) is 0 Å². The predicted octanol–water partition coefficient (Wildman–Crippen LogP) is 2.57. The number of nitrogens with zero attached hydrogens (tertiary/aromatic N) is 2. The highest BCUT2D eigenvalue weighted by atomic mass is 32.1. The van der Waals surface area contributed by atoms with Gasteiger partial charge in [-0.3, -0.25) is 4.79 Å². The maximum Gasteiger partial charge on any atom is 0.316 e. The normalized spacial score (nSPS) is 16.3. The molecule has 0 bridgehead atoms. The predicted molar refractivity (Wildman–Crippen MR) is 113 cm³/mol. The molecule has 0 saturated carbocycles. The molecule has 9 heteroatoms. The number of piperidine rings is 1. The molecule has 8 nitrogen and oxygen atoms in total. The molecule has 29 heavy (non-hydrogen) atoms. The van der Waals surface area contributed by atoms with Gasteiger partial charge in [0, 0.05) is 35.5 Å². The number of primary amides is 1. The van der Waals surface area contributed by atoms with E-state index in [4.69, 9.17) is 5.73 Å². The number of anilines is 1. The van der Waals surface area contributed by atoms with E-state index in [-0.39, 0.29) is 11.9 Å². The molecule has 3 heterocycles. The van der Waals surface area contributed by atoms with E-state index in [1.807, 2.05) is 35.0 Å². The topological polar surface area (TPSA) is 114 Å². The van der Waals surface area contributed by atoms with Crippen LogP contribution in [0.5, 0.6) is 0 Å². The lowest BCUT2D eigenvalue weighted by molar-refractivity contribution is 0.0935. The smallest absolute Gasteiger partial charge is 0.316 e. The van der Waals surface area contributed by atoms with E-state index in [1.54, 1.807) is 18.6 Å². The number of amides is 3. The number of urea groups is 1. The van der Waals surface area contributed by atoms with Crippen molar-refractivity contribution in [1.82, 2.24) is 20.2 Å². The van der Waals surface area contributed by atoms with Crippen molar-refractivity contribution < 1.29 is 9.59 Å². The van der Waals surface area contributed by atoms with Gasteiger partial charge in [-0.15, -0.1) is 11.3 Å². The molecule has 0 aliphatic carbocycles. The highest BCUT2D eigenvalue weighted by Gasteiger charge is 2.22. The molecule has 1 atom stereocenters. The fraction of sp³-hybridized carbons (Fsp3) is 0.250. The molecule has 1 fully saturated rings. The minimum Gasteiger partial charge on any atom is -0.351 e. The summed E-state index contributed by atoms with van der Waals surface area (Å²) in [5.41, 5.74) is 7.67. The molecule has 1 aliphatic heterocycles. The standard InChI is InChI=1S/C20H22N6O2S/c21-20(28)25-16-10-17(13-3-5-15(6-4-13)26-9-8-23-12-26)29-18(16)19(27)24-14-2-1-7-22-11-14/h3-6,8-10,12,14,22H,1-2,7,11H2,(H,24,27)(H3,21,25,28)/t14-/m1/s1. The number of carbonyl (C=O) groups is 2. The van der Waals surface area contributed by atoms with Crippen molar-refractivity contribution in [2.24, 2.45) is 5.73 Å². The second-order valence-electron chi connectivity index (χ2n) is 6.88. The Morgan fingerprint density at radius 3 is 2.76 bits per heavy atom. The van der Waals surface area contributed by atoms with Crippen LogP contribution in [0.4, 0.5) is 10.5 Å². The Hall–Kier alpha value is -3.17. The lowest BCUT2D eigenvalue weighted by atomic mass is 10.1. The van der Waals surface area contributed by atoms with Crippen LogP contribution in [-0.4, -0.2) is 40.6 Å². The summed E-state index contributed by atoms with van der Waals surface area (Å²) in [7, 11) is 0. The Balaban J connectivity index is 1.59. The van der Waals surface area contributed by atoms with Crippen LogP contribution in [0.2, 0.25) is 0 Å². The molecule has 1 aromatic carbocycles. The largest absolute Gasteiger partial charge is 0.351 e. The molecule has 1 aliphatic rings. The molecular weight excluding hydrogens is 388 g/mol. The number of hydrogen-bond acceptors (Lipinski definition) is 5. The molecule has 1 saturated heterocycles. The average molecular weight is 411 g/mol. The molecule has 3 aromatic rings. The zero-order valence-electron chi connectivity index (χ0n) is 15.7. The van der Waals surface area contributed by atoms with Crippen molar-refractivity contribution >= 4 is 29.0 Å². The van der Waals surface area contributed by atoms with Gasteiger partial charge in [0.05, 0.1) is 12.0 Å². The molecule has 0 radical (unpaired) electrons. The molecule has 0 unspecified atom stereocenters. The van der Waals surface area contributed by atoms with Crippen LogP contribution in [0.1, 0.15) is 22.5 Å². The highest BCUT2D eigenvalue weighted by Crippen LogP contribution is 2.35. The van der Waals surface area contributed by atoms with Crippen LogP contribution in [0.25, 0.3) is 16.1 Å². The Kier molecular flexibility index (Phi) is 5.59. The second-order valence-corrected chi connectivity index (χ2v) is 7.93. The van der Waals surface area contributed by atoms with Crippen molar-refractivity contribution in [2.75, 3.05) is 18.4 Å². The van der Waals surface area contributed by atoms with Gasteiger partial charge in [0.25, 0.3) is 5.91 Å². The fourth-order valence-electron chi connectivity index (χ4n) is 3.36. The third-order valence-corrected chi connectivity index (χ3v) is 5.97. The Morgan fingerprint density at radius 1 is 1.28 bits per heavy atom. The number of benzene rings is 1. The monoisotopic (exact) mass is 410 g/mol. The number of rotatable bonds is 5. The maximum absolute atomic E-state index is 12.8. The van der Waals surface area contributed by atoms with Gasteiger partial charge in [-0.05, 0) is 43.1 Å². The van der Waals surface area contributed by atoms with Crippen molar-refractivity contribution in [2.45, 2.75) is 18.9 Å². The van der Waals surface area contributed by atoms with E-state index in [2.05, 4.69) is 20.9 Å². The third-order valence-electron chi connectivity index (χ3n) is 4.78. The summed E-state index contributed by atoms with van der Waals surface area (Å²) in [5.74, 6) is -0.200. The molecule has 0 spiro atoms. The lowest BCUT2D eigenvalue weighted by Gasteiger charge is -2.23. The maximum atomic E-state index is 12.8. The van der Waals surface area contributed by atoms with Crippen molar-refractivity contribution in [3.63, 3.8) is 0 Å². The van der Waals surface area contributed by atoms with Crippen molar-refractivity contribution in [3.05, 3.63) is 53.9 Å². The zero-order chi connectivity index (χ0) is 20.2. The summed E-state index contributed by atoms with van der Waals surface area (Å²) in [5, 5.41) is 8.90. The van der Waals surface area contributed by atoms with E-state index in [9.17, 15) is 9.59 Å². The van der Waals surface area contributed by atoms with E-state index >= 15 is 0 Å². The summed E-state index contributed by atoms with van der Waals surface area (Å²) in [4.78, 5) is 29.6. The number of imidazole rings is 1. The number of carbonyl (C=O) groups excluding carboxylic acids is 2. The van der Waals surface area contributed by atoms with Crippen LogP contribution in [0.3, 0.4) is 0 Å². The Labute approximate surface area is 172 Å². The molecule has 4 rings (SSSR count). The van der Waals surface area contributed by atoms with E-state index < -0.39 is 6.03 Å². The van der Waals surface area contributed by atoms with E-state index in [0.29, 0.717) is 10.6 Å². The number of aromatic nitrogens is 2. The molecule has 3 amide bonds.